The number of aromatic nitrogens is 3. The van der Waals surface area contributed by atoms with Gasteiger partial charge in [0, 0.05) is 49.8 Å². The molecule has 3 aromatic heterocycles. The number of hydrogen-bond acceptors (Lipinski definition) is 7. The molecule has 2 N–H and O–H groups in total. The normalized spacial score (nSPS) is 12.2. The summed E-state index contributed by atoms with van der Waals surface area (Å²) in [5.41, 5.74) is 3.42. The topological polar surface area (TPSA) is 98.1 Å². The molecule has 0 saturated carbocycles. The maximum absolute atomic E-state index is 11.5. The second-order valence-corrected chi connectivity index (χ2v) is 12.3. The molecule has 0 aliphatic heterocycles. The number of thiazole rings is 1. The second kappa shape index (κ2) is 20.0. The number of amides is 1. The van der Waals surface area contributed by atoms with Crippen LogP contribution in [0.4, 0.5) is 5.13 Å². The molecule has 0 bridgehead atoms. The molecule has 1 amide bonds. The Labute approximate surface area is 257 Å². The van der Waals surface area contributed by atoms with Gasteiger partial charge in [-0.1, -0.05) is 52.5 Å². The summed E-state index contributed by atoms with van der Waals surface area (Å²) in [6, 6.07) is 7.69. The standard InChI is InChI=1S/C12H26O.C11H16N2O2.C10H11N3S/c1-5-11(3)8-7-9-12(6-2)10-13-4;1-11(2,3)13-6-4-9(8-13)10(15)12-5-7-14;1-7-4-3-5-8(12-7)9-6-14-10(11-2)13-9/h11-12H,5-10H2,1-4H3;4,6-8H,5H2,1-3H3,(H,12,15);3-6H,1-2H3,(H,11,13). The minimum absolute atomic E-state index is 0.0385. The van der Waals surface area contributed by atoms with Crippen LogP contribution in [0.25, 0.3) is 11.4 Å². The third kappa shape index (κ3) is 14.2. The maximum Gasteiger partial charge on any atom is 0.253 e. The molecule has 2 unspecified atom stereocenters. The molecule has 234 valence electrons. The molecule has 0 radical (unpaired) electrons. The van der Waals surface area contributed by atoms with E-state index in [2.05, 4.69) is 62.1 Å². The highest BCUT2D eigenvalue weighted by atomic mass is 32.1. The highest BCUT2D eigenvalue weighted by molar-refractivity contribution is 7.14. The number of aryl methyl sites for hydroxylation is 1. The van der Waals surface area contributed by atoms with Crippen molar-refractivity contribution in [2.24, 2.45) is 11.8 Å². The molecule has 0 aromatic carbocycles. The van der Waals surface area contributed by atoms with E-state index in [1.807, 2.05) is 48.3 Å². The maximum atomic E-state index is 11.5. The zero-order valence-corrected chi connectivity index (χ0v) is 28.0. The van der Waals surface area contributed by atoms with Crippen LogP contribution in [-0.4, -0.2) is 54.0 Å². The number of anilines is 1. The van der Waals surface area contributed by atoms with Gasteiger partial charge in [-0.05, 0) is 64.2 Å². The van der Waals surface area contributed by atoms with Crippen molar-refractivity contribution < 1.29 is 14.3 Å². The lowest BCUT2D eigenvalue weighted by atomic mass is 9.95. The molecule has 0 aliphatic carbocycles. The van der Waals surface area contributed by atoms with Gasteiger partial charge < -0.3 is 24.7 Å². The molecule has 0 aliphatic rings. The van der Waals surface area contributed by atoms with Crippen LogP contribution in [0.2, 0.25) is 0 Å². The Morgan fingerprint density at radius 1 is 1.12 bits per heavy atom. The largest absolute Gasteiger partial charge is 0.384 e. The number of hydrogen-bond donors (Lipinski definition) is 2. The number of nitrogens with one attached hydrogen (secondary N) is 2. The van der Waals surface area contributed by atoms with Crippen molar-refractivity contribution in [1.29, 1.82) is 0 Å². The first kappa shape index (κ1) is 37.0. The Kier molecular flexibility index (Phi) is 17.6. The molecule has 0 spiro atoms. The van der Waals surface area contributed by atoms with Crippen LogP contribution in [0, 0.1) is 18.8 Å². The Bertz CT molecular complexity index is 1170. The van der Waals surface area contributed by atoms with E-state index >= 15 is 0 Å². The van der Waals surface area contributed by atoms with E-state index in [4.69, 9.17) is 4.74 Å². The smallest absolute Gasteiger partial charge is 0.253 e. The number of pyridine rings is 1. The highest BCUT2D eigenvalue weighted by Crippen LogP contribution is 2.23. The summed E-state index contributed by atoms with van der Waals surface area (Å²) in [7, 11) is 3.67. The van der Waals surface area contributed by atoms with Gasteiger partial charge in [-0.2, -0.15) is 0 Å². The number of aldehydes is 1. The number of ether oxygens (including phenoxy) is 1. The van der Waals surface area contributed by atoms with Crippen LogP contribution in [0.5, 0.6) is 0 Å². The SMILES string of the molecule is CC(C)(C)n1ccc(C(=O)NCC=O)c1.CCC(C)CCCC(CC)COC.CNc1nc(-c2cccc(C)n2)cs1. The summed E-state index contributed by atoms with van der Waals surface area (Å²) < 4.78 is 7.14. The number of methoxy groups -OCH3 is 1. The fraction of sp³-hybridized carbons (Fsp3) is 0.576. The summed E-state index contributed by atoms with van der Waals surface area (Å²) in [6.07, 6.45) is 11.0. The third-order valence-electron chi connectivity index (χ3n) is 6.93. The Balaban J connectivity index is 0.000000316. The lowest BCUT2D eigenvalue weighted by Gasteiger charge is -2.20. The van der Waals surface area contributed by atoms with Gasteiger partial charge in [0.25, 0.3) is 5.91 Å². The van der Waals surface area contributed by atoms with Crippen LogP contribution in [-0.2, 0) is 15.1 Å². The van der Waals surface area contributed by atoms with E-state index in [9.17, 15) is 9.59 Å². The lowest BCUT2D eigenvalue weighted by molar-refractivity contribution is -0.107. The summed E-state index contributed by atoms with van der Waals surface area (Å²) in [5.74, 6) is 1.47. The fourth-order valence-electron chi connectivity index (χ4n) is 3.98. The van der Waals surface area contributed by atoms with Crippen LogP contribution < -0.4 is 10.6 Å². The fourth-order valence-corrected chi connectivity index (χ4v) is 4.64. The zero-order valence-electron chi connectivity index (χ0n) is 27.2. The zero-order chi connectivity index (χ0) is 31.5. The quantitative estimate of drug-likeness (QED) is 0.196. The van der Waals surface area contributed by atoms with Gasteiger partial charge in [-0.25, -0.2) is 4.98 Å². The highest BCUT2D eigenvalue weighted by Gasteiger charge is 2.14. The van der Waals surface area contributed by atoms with Crippen LogP contribution in [0.15, 0.2) is 42.0 Å². The van der Waals surface area contributed by atoms with E-state index in [1.165, 1.54) is 32.1 Å². The Morgan fingerprint density at radius 3 is 2.38 bits per heavy atom. The minimum atomic E-state index is -0.217. The molecular formula is C33H53N5O3S. The average molecular weight is 600 g/mol. The van der Waals surface area contributed by atoms with E-state index < -0.39 is 0 Å². The van der Waals surface area contributed by atoms with Crippen LogP contribution >= 0.6 is 11.3 Å². The molecule has 3 rings (SSSR count). The predicted octanol–water partition coefficient (Wildman–Crippen LogP) is 7.60. The van der Waals surface area contributed by atoms with Gasteiger partial charge in [0.05, 0.1) is 17.8 Å². The summed E-state index contributed by atoms with van der Waals surface area (Å²) in [4.78, 5) is 30.3. The van der Waals surface area contributed by atoms with E-state index in [0.29, 0.717) is 11.8 Å². The van der Waals surface area contributed by atoms with Crippen molar-refractivity contribution in [3.63, 3.8) is 0 Å². The first-order valence-corrected chi connectivity index (χ1v) is 15.8. The molecule has 9 heteroatoms. The van der Waals surface area contributed by atoms with E-state index in [1.54, 1.807) is 30.7 Å². The third-order valence-corrected chi connectivity index (χ3v) is 7.79. The van der Waals surface area contributed by atoms with Gasteiger partial charge in [0.1, 0.15) is 12.0 Å². The molecule has 0 saturated heterocycles. The van der Waals surface area contributed by atoms with Crippen molar-refractivity contribution in [3.8, 4) is 11.4 Å². The molecule has 3 heterocycles. The monoisotopic (exact) mass is 599 g/mol. The molecule has 8 nitrogen and oxygen atoms in total. The van der Waals surface area contributed by atoms with Gasteiger partial charge >= 0.3 is 0 Å². The first-order chi connectivity index (χ1) is 20.0. The molecule has 42 heavy (non-hydrogen) atoms. The average Bonchev–Trinajstić information content (AvgIpc) is 3.67. The molecular weight excluding hydrogens is 546 g/mol. The van der Waals surface area contributed by atoms with Gasteiger partial charge in [0.2, 0.25) is 0 Å². The second-order valence-electron chi connectivity index (χ2n) is 11.5. The van der Waals surface area contributed by atoms with E-state index in [0.717, 1.165) is 40.7 Å². The van der Waals surface area contributed by atoms with Crippen LogP contribution in [0.1, 0.15) is 89.7 Å². The molecule has 3 aromatic rings. The number of carbonyl (C=O) groups excluding carboxylic acids is 2. The summed E-state index contributed by atoms with van der Waals surface area (Å²) >= 11 is 1.59. The van der Waals surface area contributed by atoms with Gasteiger partial charge in [0.15, 0.2) is 5.13 Å². The summed E-state index contributed by atoms with van der Waals surface area (Å²) in [5, 5.41) is 8.43. The van der Waals surface area contributed by atoms with Crippen molar-refractivity contribution in [1.82, 2.24) is 19.9 Å². The minimum Gasteiger partial charge on any atom is -0.384 e. The Hall–Kier alpha value is -3.04. The van der Waals surface area contributed by atoms with Gasteiger partial charge in [-0.3, -0.25) is 9.78 Å². The number of nitrogens with zero attached hydrogens (tertiary/aromatic N) is 3. The van der Waals surface area contributed by atoms with Crippen molar-refractivity contribution >= 4 is 28.7 Å². The predicted molar refractivity (Wildman–Crippen MR) is 176 cm³/mol. The molecule has 2 atom stereocenters. The van der Waals surface area contributed by atoms with Crippen molar-refractivity contribution in [2.75, 3.05) is 32.6 Å². The Morgan fingerprint density at radius 2 is 1.86 bits per heavy atom. The van der Waals surface area contributed by atoms with Crippen molar-refractivity contribution in [2.45, 2.75) is 86.1 Å². The first-order valence-electron chi connectivity index (χ1n) is 14.9. The molecule has 0 fully saturated rings. The summed E-state index contributed by atoms with van der Waals surface area (Å²) in [6.45, 7) is 16.0. The lowest BCUT2D eigenvalue weighted by Crippen LogP contribution is -2.25. The van der Waals surface area contributed by atoms with Gasteiger partial charge in [-0.15, -0.1) is 11.3 Å². The number of rotatable bonds is 13. The number of carbonyl (C=O) groups is 2. The van der Waals surface area contributed by atoms with E-state index in [-0.39, 0.29) is 18.0 Å². The van der Waals surface area contributed by atoms with Crippen molar-refractivity contribution in [3.05, 3.63) is 53.3 Å². The van der Waals surface area contributed by atoms with Crippen LogP contribution in [0.3, 0.4) is 0 Å².